The Morgan fingerprint density at radius 2 is 1.60 bits per heavy atom. The summed E-state index contributed by atoms with van der Waals surface area (Å²) in [7, 11) is 0. The van der Waals surface area contributed by atoms with Gasteiger partial charge in [0.15, 0.2) is 0 Å². The summed E-state index contributed by atoms with van der Waals surface area (Å²) in [5.41, 5.74) is -0.155. The van der Waals surface area contributed by atoms with E-state index in [-0.39, 0.29) is 47.9 Å². The summed E-state index contributed by atoms with van der Waals surface area (Å²) in [6.07, 6.45) is 3.88. The number of hydrogen-bond acceptors (Lipinski definition) is 6. The molecular formula is C26H39N7O2. The minimum absolute atomic E-state index is 0.0224. The van der Waals surface area contributed by atoms with Crippen molar-refractivity contribution >= 4 is 11.8 Å². The van der Waals surface area contributed by atoms with Gasteiger partial charge >= 0.3 is 6.03 Å². The molecule has 1 aliphatic rings. The van der Waals surface area contributed by atoms with Gasteiger partial charge in [-0.3, -0.25) is 9.69 Å². The van der Waals surface area contributed by atoms with E-state index in [0.717, 1.165) is 19.3 Å². The third-order valence-electron chi connectivity index (χ3n) is 6.45. The van der Waals surface area contributed by atoms with Gasteiger partial charge in [0, 0.05) is 39.0 Å². The third-order valence-corrected chi connectivity index (χ3v) is 6.45. The molecule has 35 heavy (non-hydrogen) atoms. The second-order valence-corrected chi connectivity index (χ2v) is 10.7. The lowest BCUT2D eigenvalue weighted by Gasteiger charge is -2.47. The van der Waals surface area contributed by atoms with E-state index in [0.29, 0.717) is 52.1 Å². The van der Waals surface area contributed by atoms with Gasteiger partial charge < -0.3 is 15.1 Å². The smallest absolute Gasteiger partial charge is 0.317 e. The summed E-state index contributed by atoms with van der Waals surface area (Å²) in [5.74, 6) is 0.321. The standard InChI is InChI=1S/C26H39N7O2/c1-25(2)17-22(16-23(34)19-32(12-5-8-27)15-11-30-4)18-26(3,20-25)21-31-24(35)33(13-6-9-28)14-7-10-29/h22H,5-7,11-21H2,1-3H3,(H,31,35). The minimum atomic E-state index is -0.263. The summed E-state index contributed by atoms with van der Waals surface area (Å²) in [4.78, 5) is 32.4. The normalized spacial score (nSPS) is 20.6. The van der Waals surface area contributed by atoms with Crippen LogP contribution in [0.2, 0.25) is 0 Å². The zero-order chi connectivity index (χ0) is 26.3. The summed E-state index contributed by atoms with van der Waals surface area (Å²) < 4.78 is 0. The molecule has 0 bridgehead atoms. The predicted octanol–water partition coefficient (Wildman–Crippen LogP) is 3.75. The Morgan fingerprint density at radius 1 is 1.00 bits per heavy atom. The van der Waals surface area contributed by atoms with Crippen LogP contribution in [-0.2, 0) is 4.79 Å². The summed E-state index contributed by atoms with van der Waals surface area (Å²) in [6.45, 7) is 16.1. The van der Waals surface area contributed by atoms with Crippen molar-refractivity contribution in [2.75, 3.05) is 45.8 Å². The molecule has 0 aromatic carbocycles. The summed E-state index contributed by atoms with van der Waals surface area (Å²) >= 11 is 0. The summed E-state index contributed by atoms with van der Waals surface area (Å²) in [5, 5.41) is 29.6. The molecule has 0 aromatic heterocycles. The Bertz CT molecular complexity index is 838. The van der Waals surface area contributed by atoms with Gasteiger partial charge in [-0.05, 0) is 36.0 Å². The molecule has 0 aliphatic heterocycles. The van der Waals surface area contributed by atoms with Crippen molar-refractivity contribution in [3.63, 3.8) is 0 Å². The number of ketones is 1. The van der Waals surface area contributed by atoms with E-state index in [1.54, 1.807) is 0 Å². The molecule has 9 nitrogen and oxygen atoms in total. The lowest BCUT2D eigenvalue weighted by Crippen LogP contribution is -2.48. The van der Waals surface area contributed by atoms with Crippen LogP contribution in [0, 0.1) is 57.3 Å². The topological polar surface area (TPSA) is 128 Å². The maximum absolute atomic E-state index is 12.9. The first-order valence-corrected chi connectivity index (χ1v) is 12.3. The van der Waals surface area contributed by atoms with Gasteiger partial charge in [0.1, 0.15) is 5.78 Å². The monoisotopic (exact) mass is 481 g/mol. The van der Waals surface area contributed by atoms with E-state index in [1.165, 1.54) is 4.90 Å². The zero-order valence-electron chi connectivity index (χ0n) is 21.5. The van der Waals surface area contributed by atoms with Crippen LogP contribution in [0.3, 0.4) is 0 Å². The van der Waals surface area contributed by atoms with Gasteiger partial charge in [-0.15, -0.1) is 0 Å². The molecule has 0 heterocycles. The molecule has 0 aromatic rings. The van der Waals surface area contributed by atoms with Crippen LogP contribution in [0.1, 0.15) is 65.7 Å². The molecule has 2 unspecified atom stereocenters. The highest BCUT2D eigenvalue weighted by Gasteiger charge is 2.42. The Labute approximate surface area is 210 Å². The Balaban J connectivity index is 2.77. The second-order valence-electron chi connectivity index (χ2n) is 10.7. The van der Waals surface area contributed by atoms with Gasteiger partial charge in [-0.2, -0.15) is 15.8 Å². The molecule has 0 radical (unpaired) electrons. The Kier molecular flexibility index (Phi) is 12.8. The van der Waals surface area contributed by atoms with Crippen molar-refractivity contribution < 1.29 is 9.59 Å². The van der Waals surface area contributed by atoms with E-state index >= 15 is 0 Å². The number of urea groups is 1. The fourth-order valence-electron chi connectivity index (χ4n) is 5.52. The number of Topliss-reactive ketones (excluding diaryl/α,β-unsaturated/α-hetero) is 1. The highest BCUT2D eigenvalue weighted by atomic mass is 16.2. The molecule has 1 aliphatic carbocycles. The number of carbonyl (C=O) groups is 2. The highest BCUT2D eigenvalue weighted by Crippen LogP contribution is 2.49. The van der Waals surface area contributed by atoms with Crippen molar-refractivity contribution in [1.82, 2.24) is 15.1 Å². The predicted molar refractivity (Wildman–Crippen MR) is 132 cm³/mol. The Morgan fingerprint density at radius 3 is 2.17 bits per heavy atom. The SMILES string of the molecule is [C-]#[N+]CCN(CCC#N)CC(=O)CC1CC(C)(C)CC(C)(CNC(=O)N(CCC#N)CCC#N)C1. The molecule has 2 atom stereocenters. The first-order chi connectivity index (χ1) is 16.6. The first-order valence-electron chi connectivity index (χ1n) is 12.3. The van der Waals surface area contributed by atoms with Gasteiger partial charge in [0.05, 0.1) is 44.1 Å². The van der Waals surface area contributed by atoms with Gasteiger partial charge in [-0.25, -0.2) is 11.4 Å². The van der Waals surface area contributed by atoms with Gasteiger partial charge in [-0.1, -0.05) is 20.8 Å². The lowest BCUT2D eigenvalue weighted by atomic mass is 9.60. The van der Waals surface area contributed by atoms with E-state index in [1.807, 2.05) is 17.0 Å². The number of nitriles is 3. The van der Waals surface area contributed by atoms with E-state index in [9.17, 15) is 9.59 Å². The van der Waals surface area contributed by atoms with Crippen LogP contribution in [0.4, 0.5) is 4.79 Å². The van der Waals surface area contributed by atoms with E-state index in [2.05, 4.69) is 37.0 Å². The molecule has 1 saturated carbocycles. The zero-order valence-corrected chi connectivity index (χ0v) is 21.5. The van der Waals surface area contributed by atoms with E-state index in [4.69, 9.17) is 22.4 Å². The maximum Gasteiger partial charge on any atom is 0.317 e. The minimum Gasteiger partial charge on any atom is -0.337 e. The van der Waals surface area contributed by atoms with Crippen LogP contribution in [0.15, 0.2) is 0 Å². The number of hydrogen-bond donors (Lipinski definition) is 1. The van der Waals surface area contributed by atoms with Crippen molar-refractivity contribution in [3.8, 4) is 18.2 Å². The second kappa shape index (κ2) is 15.0. The molecule has 0 spiro atoms. The van der Waals surface area contributed by atoms with Crippen molar-refractivity contribution in [2.45, 2.75) is 65.7 Å². The molecule has 0 saturated heterocycles. The lowest BCUT2D eigenvalue weighted by molar-refractivity contribution is -0.122. The quantitative estimate of drug-likeness (QED) is 0.376. The van der Waals surface area contributed by atoms with Crippen molar-refractivity contribution in [2.24, 2.45) is 16.7 Å². The van der Waals surface area contributed by atoms with Crippen molar-refractivity contribution in [1.29, 1.82) is 15.8 Å². The maximum atomic E-state index is 12.9. The molecule has 1 fully saturated rings. The first kappa shape index (κ1) is 29.9. The number of nitrogens with one attached hydrogen (secondary N) is 1. The average molecular weight is 482 g/mol. The van der Waals surface area contributed by atoms with Gasteiger partial charge in [0.2, 0.25) is 6.54 Å². The number of rotatable bonds is 14. The fourth-order valence-corrected chi connectivity index (χ4v) is 5.52. The van der Waals surface area contributed by atoms with Crippen LogP contribution in [0.25, 0.3) is 4.85 Å². The molecule has 190 valence electrons. The van der Waals surface area contributed by atoms with Crippen LogP contribution in [-0.4, -0.2) is 67.4 Å². The number of nitrogens with zero attached hydrogens (tertiary/aromatic N) is 6. The summed E-state index contributed by atoms with van der Waals surface area (Å²) in [6, 6.07) is 5.93. The Hall–Kier alpha value is -3.14. The average Bonchev–Trinajstić information content (AvgIpc) is 2.78. The van der Waals surface area contributed by atoms with Gasteiger partial charge in [0.25, 0.3) is 0 Å². The van der Waals surface area contributed by atoms with Crippen LogP contribution < -0.4 is 5.32 Å². The van der Waals surface area contributed by atoms with Crippen LogP contribution >= 0.6 is 0 Å². The number of amides is 2. The van der Waals surface area contributed by atoms with E-state index < -0.39 is 0 Å². The molecule has 1 N–H and O–H groups in total. The highest BCUT2D eigenvalue weighted by molar-refractivity contribution is 5.80. The third kappa shape index (κ3) is 11.7. The van der Waals surface area contributed by atoms with Crippen molar-refractivity contribution in [3.05, 3.63) is 11.4 Å². The number of carbonyl (C=O) groups excluding carboxylic acids is 2. The fraction of sp³-hybridized carbons (Fsp3) is 0.769. The largest absolute Gasteiger partial charge is 0.337 e. The molecule has 1 rings (SSSR count). The molecular weight excluding hydrogens is 442 g/mol. The molecule has 9 heteroatoms. The van der Waals surface area contributed by atoms with Crippen LogP contribution in [0.5, 0.6) is 0 Å². The molecule has 2 amide bonds.